The van der Waals surface area contributed by atoms with E-state index in [9.17, 15) is 10.0 Å². The number of unbranched alkanes of at least 4 members (excludes halogenated alkanes) is 2. The molecule has 8 heteroatoms. The highest BCUT2D eigenvalue weighted by atomic mass is 16.6. The van der Waals surface area contributed by atoms with Crippen LogP contribution in [0.15, 0.2) is 29.4 Å². The zero-order valence-electron chi connectivity index (χ0n) is 14.3. The third-order valence-corrected chi connectivity index (χ3v) is 3.59. The van der Waals surface area contributed by atoms with Gasteiger partial charge in [0.05, 0.1) is 17.9 Å². The topological polar surface area (TPSA) is 108 Å². The van der Waals surface area contributed by atoms with Crippen LogP contribution in [0.1, 0.15) is 49.9 Å². The van der Waals surface area contributed by atoms with Crippen LogP contribution in [0.25, 0.3) is 10.4 Å². The highest BCUT2D eigenvalue weighted by Crippen LogP contribution is 2.30. The lowest BCUT2D eigenvalue weighted by Gasteiger charge is -2.36. The van der Waals surface area contributed by atoms with Crippen LogP contribution in [-0.4, -0.2) is 30.7 Å². The van der Waals surface area contributed by atoms with Gasteiger partial charge in [-0.25, -0.2) is 9.86 Å². The lowest BCUT2D eigenvalue weighted by Crippen LogP contribution is -2.47. The summed E-state index contributed by atoms with van der Waals surface area (Å²) in [7, 11) is 1.37. The van der Waals surface area contributed by atoms with Gasteiger partial charge >= 0.3 is 5.97 Å². The maximum Gasteiger partial charge on any atom is 0.338 e. The molecule has 1 unspecified atom stereocenters. The molecular weight excluding hydrogens is 312 g/mol. The number of esters is 1. The van der Waals surface area contributed by atoms with Crippen LogP contribution in [0.5, 0.6) is 0 Å². The first kappa shape index (κ1) is 19.8. The predicted molar refractivity (Wildman–Crippen MR) is 89.7 cm³/mol. The number of azide groups is 1. The fraction of sp³-hybridized carbons (Fsp3) is 0.562. The number of benzene rings is 1. The van der Waals surface area contributed by atoms with Crippen molar-refractivity contribution < 1.29 is 19.5 Å². The molecule has 0 saturated carbocycles. The van der Waals surface area contributed by atoms with Gasteiger partial charge in [0.25, 0.3) is 0 Å². The smallest absolute Gasteiger partial charge is 0.338 e. The molecule has 1 atom stereocenters. The van der Waals surface area contributed by atoms with E-state index in [1.54, 1.807) is 6.92 Å². The number of nitrogens with zero attached hydrogens (tertiary/aromatic N) is 4. The molecule has 0 aliphatic rings. The minimum atomic E-state index is -1.53. The fourth-order valence-corrected chi connectivity index (χ4v) is 2.26. The van der Waals surface area contributed by atoms with Gasteiger partial charge < -0.3 is 9.47 Å². The molecule has 0 fully saturated rings. The van der Waals surface area contributed by atoms with Crippen molar-refractivity contribution in [1.82, 2.24) is 0 Å². The summed E-state index contributed by atoms with van der Waals surface area (Å²) < 4.78 is 10.2. The average Bonchev–Trinajstić information content (AvgIpc) is 2.61. The molecule has 0 aromatic heterocycles. The summed E-state index contributed by atoms with van der Waals surface area (Å²) in [5.41, 5.74) is 9.55. The molecule has 0 heterocycles. The molecule has 0 bridgehead atoms. The van der Waals surface area contributed by atoms with E-state index in [4.69, 9.17) is 15.0 Å². The van der Waals surface area contributed by atoms with E-state index < -0.39 is 11.8 Å². The normalized spacial score (nSPS) is 12.8. The monoisotopic (exact) mass is 336 g/mol. The van der Waals surface area contributed by atoms with Gasteiger partial charge in [0.2, 0.25) is 5.85 Å². The van der Waals surface area contributed by atoms with Crippen molar-refractivity contribution in [2.24, 2.45) is 5.11 Å². The first-order valence-corrected chi connectivity index (χ1v) is 7.92. The molecule has 1 N–H and O–H groups in total. The first-order valence-electron chi connectivity index (χ1n) is 7.92. The zero-order chi connectivity index (χ0) is 18.0. The number of hydroxylamine groups is 1. The highest BCUT2D eigenvalue weighted by molar-refractivity contribution is 5.89. The molecule has 0 aliphatic heterocycles. The van der Waals surface area contributed by atoms with Gasteiger partial charge in [-0.05, 0) is 48.3 Å². The number of hydrogen-bond acceptors (Lipinski definition) is 6. The van der Waals surface area contributed by atoms with Gasteiger partial charge in [-0.1, -0.05) is 19.8 Å². The van der Waals surface area contributed by atoms with E-state index in [-0.39, 0.29) is 6.61 Å². The summed E-state index contributed by atoms with van der Waals surface area (Å²) >= 11 is 0. The second-order valence-corrected chi connectivity index (χ2v) is 5.17. The van der Waals surface area contributed by atoms with Crippen molar-refractivity contribution in [2.45, 2.75) is 45.4 Å². The van der Waals surface area contributed by atoms with Crippen LogP contribution in [0, 0.1) is 0 Å². The van der Waals surface area contributed by atoms with Crippen molar-refractivity contribution in [3.05, 3.63) is 40.3 Å². The van der Waals surface area contributed by atoms with E-state index in [1.807, 2.05) is 6.92 Å². The maximum atomic E-state index is 11.7. The van der Waals surface area contributed by atoms with Gasteiger partial charge in [-0.2, -0.15) is 0 Å². The highest BCUT2D eigenvalue weighted by Gasteiger charge is 2.35. The van der Waals surface area contributed by atoms with Crippen molar-refractivity contribution in [3.8, 4) is 0 Å². The largest absolute Gasteiger partial charge is 0.462 e. The minimum absolute atomic E-state index is 0.286. The SMILES string of the molecule is CCCCCC(N=[N+]=[N-])(OC)N(O)c1ccc(C(=O)OCC)cc1. The fourth-order valence-electron chi connectivity index (χ4n) is 2.26. The van der Waals surface area contributed by atoms with Gasteiger partial charge in [0, 0.05) is 18.4 Å². The number of ether oxygens (including phenoxy) is 2. The van der Waals surface area contributed by atoms with Crippen LogP contribution < -0.4 is 5.06 Å². The molecule has 0 amide bonds. The van der Waals surface area contributed by atoms with Crippen molar-refractivity contribution in [1.29, 1.82) is 0 Å². The Morgan fingerprint density at radius 1 is 1.33 bits per heavy atom. The molecule has 0 radical (unpaired) electrons. The second-order valence-electron chi connectivity index (χ2n) is 5.17. The average molecular weight is 336 g/mol. The third kappa shape index (κ3) is 4.86. The second kappa shape index (κ2) is 9.77. The molecule has 24 heavy (non-hydrogen) atoms. The van der Waals surface area contributed by atoms with Gasteiger partial charge in [-0.15, -0.1) is 0 Å². The molecule has 8 nitrogen and oxygen atoms in total. The summed E-state index contributed by atoms with van der Waals surface area (Å²) in [6.45, 7) is 4.06. The maximum absolute atomic E-state index is 11.7. The summed E-state index contributed by atoms with van der Waals surface area (Å²) in [5, 5.41) is 15.0. The number of carbonyl (C=O) groups is 1. The van der Waals surface area contributed by atoms with Crippen molar-refractivity contribution in [3.63, 3.8) is 0 Å². The Labute approximate surface area is 141 Å². The summed E-state index contributed by atoms with van der Waals surface area (Å²) in [6.07, 6.45) is 2.95. The van der Waals surface area contributed by atoms with E-state index >= 15 is 0 Å². The Bertz CT molecular complexity index is 572. The lowest BCUT2D eigenvalue weighted by molar-refractivity contribution is -0.0730. The molecule has 0 aliphatic carbocycles. The van der Waals surface area contributed by atoms with E-state index in [0.29, 0.717) is 17.7 Å². The Morgan fingerprint density at radius 3 is 2.50 bits per heavy atom. The molecule has 1 aromatic carbocycles. The number of hydrogen-bond donors (Lipinski definition) is 1. The first-order chi connectivity index (χ1) is 11.5. The van der Waals surface area contributed by atoms with Gasteiger partial charge in [-0.3, -0.25) is 5.21 Å². The molecule has 1 aromatic rings. The van der Waals surface area contributed by atoms with Crippen LogP contribution in [0.4, 0.5) is 5.69 Å². The molecule has 0 saturated heterocycles. The predicted octanol–water partition coefficient (Wildman–Crippen LogP) is 4.25. The Balaban J connectivity index is 3.02. The summed E-state index contributed by atoms with van der Waals surface area (Å²) in [4.78, 5) is 14.5. The molecule has 132 valence electrons. The van der Waals surface area contributed by atoms with Crippen LogP contribution in [-0.2, 0) is 9.47 Å². The van der Waals surface area contributed by atoms with E-state index in [2.05, 4.69) is 10.0 Å². The van der Waals surface area contributed by atoms with Gasteiger partial charge in [0.1, 0.15) is 0 Å². The summed E-state index contributed by atoms with van der Waals surface area (Å²) in [5.74, 6) is -1.97. The zero-order valence-corrected chi connectivity index (χ0v) is 14.3. The lowest BCUT2D eigenvalue weighted by atomic mass is 10.1. The summed E-state index contributed by atoms with van der Waals surface area (Å²) in [6, 6.07) is 6.12. The molecular formula is C16H24N4O4. The molecule has 1 rings (SSSR count). The molecule has 0 spiro atoms. The van der Waals surface area contributed by atoms with Crippen molar-refractivity contribution in [2.75, 3.05) is 18.8 Å². The third-order valence-electron chi connectivity index (χ3n) is 3.59. The van der Waals surface area contributed by atoms with Crippen LogP contribution >= 0.6 is 0 Å². The Hall–Kier alpha value is -2.28. The standard InChI is InChI=1S/C16H24N4O4/c1-4-6-7-12-16(23-3,18-19-17)20(22)14-10-8-13(9-11-14)15(21)24-5-2/h8-11,22H,4-7,12H2,1-3H3. The van der Waals surface area contributed by atoms with Crippen LogP contribution in [0.2, 0.25) is 0 Å². The Morgan fingerprint density at radius 2 is 2.00 bits per heavy atom. The number of methoxy groups -OCH3 is 1. The number of carbonyl (C=O) groups excluding carboxylic acids is 1. The number of anilines is 1. The van der Waals surface area contributed by atoms with Gasteiger partial charge in [0.15, 0.2) is 0 Å². The quantitative estimate of drug-likeness (QED) is 0.131. The minimum Gasteiger partial charge on any atom is -0.462 e. The van der Waals surface area contributed by atoms with E-state index in [1.165, 1.54) is 31.4 Å². The Kier molecular flexibility index (Phi) is 8.05. The number of rotatable bonds is 10. The van der Waals surface area contributed by atoms with Crippen LogP contribution in [0.3, 0.4) is 0 Å². The van der Waals surface area contributed by atoms with Crippen molar-refractivity contribution >= 4 is 11.7 Å². The van der Waals surface area contributed by atoms with E-state index in [0.717, 1.165) is 24.3 Å².